The van der Waals surface area contributed by atoms with Gasteiger partial charge in [0.2, 0.25) is 0 Å². The topological polar surface area (TPSA) is 35.0 Å². The van der Waals surface area contributed by atoms with E-state index >= 15 is 0 Å². The fraction of sp³-hybridized carbons (Fsp3) is 0.667. The molecule has 0 saturated heterocycles. The van der Waals surface area contributed by atoms with Gasteiger partial charge in [-0.1, -0.05) is 32.4 Å². The van der Waals surface area contributed by atoms with E-state index in [2.05, 4.69) is 43.8 Å². The predicted octanol–water partition coefficient (Wildman–Crippen LogP) is 3.96. The average Bonchev–Trinajstić information content (AvgIpc) is 2.14. The van der Waals surface area contributed by atoms with Crippen molar-refractivity contribution in [2.45, 2.75) is 52.4 Å². The van der Waals surface area contributed by atoms with Gasteiger partial charge in [-0.15, -0.1) is 0 Å². The predicted molar refractivity (Wildman–Crippen MR) is 73.8 cm³/mol. The highest BCUT2D eigenvalue weighted by atomic mass is 35.5. The van der Waals surface area contributed by atoms with Crippen molar-refractivity contribution < 1.29 is 4.43 Å². The Morgan fingerprint density at radius 1 is 1.35 bits per heavy atom. The van der Waals surface area contributed by atoms with Gasteiger partial charge in [0.05, 0.1) is 6.61 Å². The van der Waals surface area contributed by atoms with Gasteiger partial charge in [-0.05, 0) is 25.1 Å². The van der Waals surface area contributed by atoms with Gasteiger partial charge < -0.3 is 4.43 Å². The van der Waals surface area contributed by atoms with Crippen LogP contribution < -0.4 is 0 Å². The molecule has 3 nitrogen and oxygen atoms in total. The van der Waals surface area contributed by atoms with Crippen LogP contribution in [0.25, 0.3) is 0 Å². The van der Waals surface area contributed by atoms with Gasteiger partial charge in [-0.25, -0.2) is 9.97 Å². The second-order valence-electron chi connectivity index (χ2n) is 5.78. The van der Waals surface area contributed by atoms with Crippen molar-refractivity contribution in [1.82, 2.24) is 9.97 Å². The molecule has 1 rings (SSSR count). The molecule has 0 amide bonds. The number of rotatable bonds is 3. The van der Waals surface area contributed by atoms with E-state index in [4.69, 9.17) is 16.0 Å². The molecule has 96 valence electrons. The third kappa shape index (κ3) is 3.76. The van der Waals surface area contributed by atoms with Gasteiger partial charge in [0.25, 0.3) is 0 Å². The summed E-state index contributed by atoms with van der Waals surface area (Å²) in [5.74, 6) is 0.686. The van der Waals surface area contributed by atoms with Crippen LogP contribution >= 0.6 is 11.6 Å². The molecule has 0 unspecified atom stereocenters. The molecule has 0 saturated carbocycles. The number of halogens is 1. The molecule has 0 spiro atoms. The van der Waals surface area contributed by atoms with Crippen molar-refractivity contribution in [3.63, 3.8) is 0 Å². The lowest BCUT2D eigenvalue weighted by Crippen LogP contribution is -2.40. The van der Waals surface area contributed by atoms with Crippen molar-refractivity contribution in [2.24, 2.45) is 0 Å². The summed E-state index contributed by atoms with van der Waals surface area (Å²) in [6, 6.07) is 0. The normalized spacial score (nSPS) is 12.9. The molecule has 0 aliphatic rings. The minimum atomic E-state index is -1.74. The summed E-state index contributed by atoms with van der Waals surface area (Å²) in [6.07, 6.45) is 1.75. The summed E-state index contributed by atoms with van der Waals surface area (Å²) < 4.78 is 6.08. The number of hydrogen-bond acceptors (Lipinski definition) is 3. The van der Waals surface area contributed by atoms with Crippen LogP contribution in [0.3, 0.4) is 0 Å². The van der Waals surface area contributed by atoms with Gasteiger partial charge in [-0.2, -0.15) is 0 Å². The van der Waals surface area contributed by atoms with E-state index in [0.717, 1.165) is 5.56 Å². The molecule has 0 aliphatic carbocycles. The van der Waals surface area contributed by atoms with Crippen LogP contribution in [-0.4, -0.2) is 18.3 Å². The molecule has 1 aromatic heterocycles. The summed E-state index contributed by atoms with van der Waals surface area (Å²) in [5, 5.41) is 0.696. The van der Waals surface area contributed by atoms with Crippen molar-refractivity contribution >= 4 is 19.9 Å². The minimum Gasteiger partial charge on any atom is -0.412 e. The van der Waals surface area contributed by atoms with E-state index in [-0.39, 0.29) is 5.04 Å². The van der Waals surface area contributed by atoms with E-state index in [1.54, 1.807) is 6.20 Å². The third-order valence-electron chi connectivity index (χ3n) is 3.33. The van der Waals surface area contributed by atoms with Crippen molar-refractivity contribution in [1.29, 1.82) is 0 Å². The fourth-order valence-corrected chi connectivity index (χ4v) is 2.21. The number of aromatic nitrogens is 2. The van der Waals surface area contributed by atoms with E-state index < -0.39 is 8.32 Å². The second-order valence-corrected chi connectivity index (χ2v) is 10.9. The number of hydrogen-bond donors (Lipinski definition) is 0. The molecule has 0 aromatic carbocycles. The Hall–Kier alpha value is -0.453. The molecular weight excluding hydrogens is 252 g/mol. The fourth-order valence-electron chi connectivity index (χ4n) is 1.04. The van der Waals surface area contributed by atoms with E-state index in [9.17, 15) is 0 Å². The Balaban J connectivity index is 2.74. The van der Waals surface area contributed by atoms with Crippen LogP contribution in [-0.2, 0) is 11.0 Å². The summed E-state index contributed by atoms with van der Waals surface area (Å²) in [4.78, 5) is 8.27. The number of nitrogens with zero attached hydrogens (tertiary/aromatic N) is 2. The first-order valence-corrected chi connectivity index (χ1v) is 9.04. The van der Waals surface area contributed by atoms with Crippen molar-refractivity contribution in [3.8, 4) is 0 Å². The minimum absolute atomic E-state index is 0.199. The first kappa shape index (κ1) is 14.6. The summed E-state index contributed by atoms with van der Waals surface area (Å²) in [7, 11) is -1.74. The standard InChI is InChI=1S/C12H21ClN2OSi/c1-9-14-7-10(11(13)15-9)8-16-17(5,6)12(2,3)4/h7H,8H2,1-6H3. The molecule has 1 heterocycles. The van der Waals surface area contributed by atoms with E-state index in [1.807, 2.05) is 6.92 Å². The third-order valence-corrected chi connectivity index (χ3v) is 8.13. The van der Waals surface area contributed by atoms with Gasteiger partial charge in [-0.3, -0.25) is 0 Å². The summed E-state index contributed by atoms with van der Waals surface area (Å²) in [6.45, 7) is 13.4. The molecule has 0 N–H and O–H groups in total. The Morgan fingerprint density at radius 3 is 2.41 bits per heavy atom. The summed E-state index contributed by atoms with van der Waals surface area (Å²) in [5.41, 5.74) is 0.863. The van der Waals surface area contributed by atoms with E-state index in [0.29, 0.717) is 17.6 Å². The van der Waals surface area contributed by atoms with Crippen LogP contribution in [0, 0.1) is 6.92 Å². The molecule has 5 heteroatoms. The van der Waals surface area contributed by atoms with Crippen LogP contribution in [0.5, 0.6) is 0 Å². The quantitative estimate of drug-likeness (QED) is 0.617. The zero-order valence-corrected chi connectivity index (χ0v) is 13.2. The molecule has 0 fully saturated rings. The van der Waals surface area contributed by atoms with Gasteiger partial charge in [0.1, 0.15) is 11.0 Å². The van der Waals surface area contributed by atoms with Crippen molar-refractivity contribution in [2.75, 3.05) is 0 Å². The SMILES string of the molecule is Cc1ncc(CO[Si](C)(C)C(C)(C)C)c(Cl)n1. The van der Waals surface area contributed by atoms with Crippen LogP contribution in [0.1, 0.15) is 32.2 Å². The average molecular weight is 273 g/mol. The first-order chi connectivity index (χ1) is 7.63. The van der Waals surface area contributed by atoms with Crippen LogP contribution in [0.2, 0.25) is 23.3 Å². The van der Waals surface area contributed by atoms with Gasteiger partial charge in [0, 0.05) is 11.8 Å². The molecule has 0 radical (unpaired) electrons. The Morgan fingerprint density at radius 2 is 1.94 bits per heavy atom. The maximum Gasteiger partial charge on any atom is 0.192 e. The molecule has 0 atom stereocenters. The maximum atomic E-state index is 6.08. The van der Waals surface area contributed by atoms with E-state index in [1.165, 1.54) is 0 Å². The Bertz CT molecular complexity index is 402. The molecule has 0 aliphatic heterocycles. The van der Waals surface area contributed by atoms with Crippen LogP contribution in [0.4, 0.5) is 0 Å². The lowest BCUT2D eigenvalue weighted by molar-refractivity contribution is 0.275. The smallest absolute Gasteiger partial charge is 0.192 e. The summed E-state index contributed by atoms with van der Waals surface area (Å²) >= 11 is 6.06. The highest BCUT2D eigenvalue weighted by molar-refractivity contribution is 6.74. The highest BCUT2D eigenvalue weighted by Gasteiger charge is 2.37. The lowest BCUT2D eigenvalue weighted by atomic mass is 10.2. The van der Waals surface area contributed by atoms with Crippen LogP contribution in [0.15, 0.2) is 6.20 Å². The largest absolute Gasteiger partial charge is 0.412 e. The zero-order valence-electron chi connectivity index (χ0n) is 11.5. The Labute approximate surface area is 110 Å². The molecular formula is C12H21ClN2OSi. The molecule has 17 heavy (non-hydrogen) atoms. The number of aryl methyl sites for hydroxylation is 1. The monoisotopic (exact) mass is 272 g/mol. The highest BCUT2D eigenvalue weighted by Crippen LogP contribution is 2.37. The lowest BCUT2D eigenvalue weighted by Gasteiger charge is -2.36. The molecule has 1 aromatic rings. The Kier molecular flexibility index (Phi) is 4.33. The zero-order chi connectivity index (χ0) is 13.3. The van der Waals surface area contributed by atoms with Gasteiger partial charge in [0.15, 0.2) is 8.32 Å². The second kappa shape index (κ2) is 5.04. The first-order valence-electron chi connectivity index (χ1n) is 5.75. The maximum absolute atomic E-state index is 6.08. The molecule has 0 bridgehead atoms. The van der Waals surface area contributed by atoms with Gasteiger partial charge >= 0.3 is 0 Å². The van der Waals surface area contributed by atoms with Crippen molar-refractivity contribution in [3.05, 3.63) is 22.7 Å².